The van der Waals surface area contributed by atoms with E-state index >= 15 is 0 Å². The van der Waals surface area contributed by atoms with Gasteiger partial charge in [-0.05, 0) is 24.7 Å². The van der Waals surface area contributed by atoms with E-state index in [9.17, 15) is 14.9 Å². The predicted octanol–water partition coefficient (Wildman–Crippen LogP) is 3.32. The van der Waals surface area contributed by atoms with Gasteiger partial charge in [-0.25, -0.2) is 0 Å². The van der Waals surface area contributed by atoms with Crippen molar-refractivity contribution < 1.29 is 9.72 Å². The van der Waals surface area contributed by atoms with E-state index in [0.717, 1.165) is 5.56 Å². The van der Waals surface area contributed by atoms with Gasteiger partial charge in [0.1, 0.15) is 0 Å². The highest BCUT2D eigenvalue weighted by molar-refractivity contribution is 6.33. The van der Waals surface area contributed by atoms with Gasteiger partial charge < -0.3 is 5.32 Å². The molecule has 2 rings (SSSR count). The number of rotatable bonds is 6. The van der Waals surface area contributed by atoms with Crippen LogP contribution in [0, 0.1) is 10.1 Å². The number of anilines is 1. The van der Waals surface area contributed by atoms with Gasteiger partial charge in [0.25, 0.3) is 5.69 Å². The number of hydrogen-bond acceptors (Lipinski definition) is 4. The molecule has 0 heterocycles. The number of nitrogens with zero attached hydrogens (tertiary/aromatic N) is 2. The van der Waals surface area contributed by atoms with Crippen LogP contribution in [0.1, 0.15) is 5.56 Å². The minimum atomic E-state index is -0.440. The normalized spacial score (nSPS) is 10.6. The first kappa shape index (κ1) is 16.9. The summed E-state index contributed by atoms with van der Waals surface area (Å²) in [7, 11) is 1.80. The zero-order valence-electron chi connectivity index (χ0n) is 12.5. The number of carbonyl (C=O) groups is 1. The van der Waals surface area contributed by atoms with Gasteiger partial charge in [0.05, 0.1) is 22.2 Å². The van der Waals surface area contributed by atoms with Gasteiger partial charge in [0, 0.05) is 18.7 Å². The molecule has 0 aromatic heterocycles. The van der Waals surface area contributed by atoms with E-state index in [1.807, 2.05) is 4.90 Å². The highest BCUT2D eigenvalue weighted by Gasteiger charge is 2.10. The fraction of sp³-hybridized carbons (Fsp3) is 0.188. The molecule has 0 aliphatic carbocycles. The lowest BCUT2D eigenvalue weighted by Gasteiger charge is -2.16. The summed E-state index contributed by atoms with van der Waals surface area (Å²) in [6.07, 6.45) is 0. The Morgan fingerprint density at radius 2 is 1.87 bits per heavy atom. The van der Waals surface area contributed by atoms with Crippen LogP contribution in [-0.2, 0) is 11.3 Å². The molecule has 2 aromatic rings. The summed E-state index contributed by atoms with van der Waals surface area (Å²) >= 11 is 5.99. The number of likely N-dealkylation sites (N-methyl/N-ethyl adjacent to an activating group) is 1. The van der Waals surface area contributed by atoms with Crippen molar-refractivity contribution in [1.82, 2.24) is 4.90 Å². The molecular formula is C16H16ClN3O3. The zero-order chi connectivity index (χ0) is 16.8. The van der Waals surface area contributed by atoms with Gasteiger partial charge >= 0.3 is 0 Å². The smallest absolute Gasteiger partial charge is 0.269 e. The average molecular weight is 334 g/mol. The summed E-state index contributed by atoms with van der Waals surface area (Å²) < 4.78 is 0. The molecule has 1 N–H and O–H groups in total. The van der Waals surface area contributed by atoms with Crippen LogP contribution < -0.4 is 5.32 Å². The SMILES string of the molecule is CN(CC(=O)Nc1ccccc1Cl)Cc1ccc([N+](=O)[O-])cc1. The Hall–Kier alpha value is -2.44. The van der Waals surface area contributed by atoms with Crippen LogP contribution >= 0.6 is 11.6 Å². The number of hydrogen-bond donors (Lipinski definition) is 1. The Morgan fingerprint density at radius 1 is 1.22 bits per heavy atom. The predicted molar refractivity (Wildman–Crippen MR) is 89.5 cm³/mol. The zero-order valence-corrected chi connectivity index (χ0v) is 13.3. The van der Waals surface area contributed by atoms with Crippen LogP contribution in [0.2, 0.25) is 5.02 Å². The van der Waals surface area contributed by atoms with Crippen LogP contribution in [0.4, 0.5) is 11.4 Å². The van der Waals surface area contributed by atoms with Crippen molar-refractivity contribution in [2.75, 3.05) is 18.9 Å². The topological polar surface area (TPSA) is 75.5 Å². The Kier molecular flexibility index (Phi) is 5.67. The average Bonchev–Trinajstić information content (AvgIpc) is 2.50. The van der Waals surface area contributed by atoms with E-state index in [0.29, 0.717) is 17.3 Å². The maximum atomic E-state index is 12.0. The number of para-hydroxylation sites is 1. The molecular weight excluding hydrogens is 318 g/mol. The molecule has 0 fully saturated rings. The molecule has 0 saturated heterocycles. The van der Waals surface area contributed by atoms with Gasteiger partial charge in [-0.1, -0.05) is 35.9 Å². The Morgan fingerprint density at radius 3 is 2.48 bits per heavy atom. The quantitative estimate of drug-likeness (QED) is 0.650. The number of amides is 1. The second-order valence-electron chi connectivity index (χ2n) is 5.12. The van der Waals surface area contributed by atoms with E-state index in [1.165, 1.54) is 12.1 Å². The summed E-state index contributed by atoms with van der Waals surface area (Å²) in [5, 5.41) is 13.8. The molecule has 0 aliphatic rings. The molecule has 6 nitrogen and oxygen atoms in total. The van der Waals surface area contributed by atoms with Gasteiger partial charge in [-0.2, -0.15) is 0 Å². The first-order chi connectivity index (χ1) is 11.0. The molecule has 2 aromatic carbocycles. The fourth-order valence-electron chi connectivity index (χ4n) is 2.09. The molecule has 0 spiro atoms. The van der Waals surface area contributed by atoms with Gasteiger partial charge in [-0.15, -0.1) is 0 Å². The molecule has 120 valence electrons. The molecule has 1 amide bonds. The first-order valence-electron chi connectivity index (χ1n) is 6.92. The number of carbonyl (C=O) groups excluding carboxylic acids is 1. The van der Waals surface area contributed by atoms with Gasteiger partial charge in [0.2, 0.25) is 5.91 Å². The molecule has 0 aliphatic heterocycles. The van der Waals surface area contributed by atoms with Crippen LogP contribution in [0.15, 0.2) is 48.5 Å². The largest absolute Gasteiger partial charge is 0.324 e. The second kappa shape index (κ2) is 7.71. The van der Waals surface area contributed by atoms with Gasteiger partial charge in [-0.3, -0.25) is 19.8 Å². The summed E-state index contributed by atoms with van der Waals surface area (Å²) in [6, 6.07) is 13.3. The lowest BCUT2D eigenvalue weighted by atomic mass is 10.2. The standard InChI is InChI=1S/C16H16ClN3O3/c1-19(10-12-6-8-13(9-7-12)20(22)23)11-16(21)18-15-5-3-2-4-14(15)17/h2-9H,10-11H2,1H3,(H,18,21). The molecule has 0 atom stereocenters. The third kappa shape index (κ3) is 5.05. The lowest BCUT2D eigenvalue weighted by molar-refractivity contribution is -0.384. The Balaban J connectivity index is 1.89. The summed E-state index contributed by atoms with van der Waals surface area (Å²) in [5.41, 5.74) is 1.51. The maximum absolute atomic E-state index is 12.0. The fourth-order valence-corrected chi connectivity index (χ4v) is 2.27. The van der Waals surface area contributed by atoms with Gasteiger partial charge in [0.15, 0.2) is 0 Å². The van der Waals surface area contributed by atoms with Crippen molar-refractivity contribution in [3.05, 3.63) is 69.2 Å². The Labute approximate surface area is 138 Å². The molecule has 0 saturated carbocycles. The van der Waals surface area contributed by atoms with Crippen molar-refractivity contribution in [3.63, 3.8) is 0 Å². The number of halogens is 1. The third-order valence-electron chi connectivity index (χ3n) is 3.16. The van der Waals surface area contributed by atoms with E-state index in [4.69, 9.17) is 11.6 Å². The summed E-state index contributed by atoms with van der Waals surface area (Å²) in [4.78, 5) is 24.0. The van der Waals surface area contributed by atoms with Crippen LogP contribution in [0.5, 0.6) is 0 Å². The van der Waals surface area contributed by atoms with Crippen LogP contribution in [-0.4, -0.2) is 29.3 Å². The third-order valence-corrected chi connectivity index (χ3v) is 3.49. The van der Waals surface area contributed by atoms with Crippen molar-refractivity contribution in [2.45, 2.75) is 6.54 Å². The first-order valence-corrected chi connectivity index (χ1v) is 7.30. The molecule has 23 heavy (non-hydrogen) atoms. The monoisotopic (exact) mass is 333 g/mol. The van der Waals surface area contributed by atoms with Crippen molar-refractivity contribution in [2.24, 2.45) is 0 Å². The molecule has 0 bridgehead atoms. The summed E-state index contributed by atoms with van der Waals surface area (Å²) in [5.74, 6) is -0.178. The number of nitrogens with one attached hydrogen (secondary N) is 1. The van der Waals surface area contributed by atoms with Crippen molar-refractivity contribution in [1.29, 1.82) is 0 Å². The molecule has 7 heteroatoms. The highest BCUT2D eigenvalue weighted by Crippen LogP contribution is 2.20. The highest BCUT2D eigenvalue weighted by atomic mass is 35.5. The Bertz CT molecular complexity index is 704. The van der Waals surface area contributed by atoms with Crippen LogP contribution in [0.25, 0.3) is 0 Å². The maximum Gasteiger partial charge on any atom is 0.269 e. The summed E-state index contributed by atoms with van der Waals surface area (Å²) in [6.45, 7) is 0.691. The lowest BCUT2D eigenvalue weighted by Crippen LogP contribution is -2.29. The number of non-ortho nitro benzene ring substituents is 1. The number of nitro groups is 1. The van der Waals surface area contributed by atoms with E-state index in [-0.39, 0.29) is 18.1 Å². The number of nitro benzene ring substituents is 1. The van der Waals surface area contributed by atoms with E-state index < -0.39 is 4.92 Å². The minimum absolute atomic E-state index is 0.0489. The van der Waals surface area contributed by atoms with E-state index in [2.05, 4.69) is 5.32 Å². The minimum Gasteiger partial charge on any atom is -0.324 e. The molecule has 0 radical (unpaired) electrons. The molecule has 0 unspecified atom stereocenters. The van der Waals surface area contributed by atoms with Crippen molar-refractivity contribution in [3.8, 4) is 0 Å². The van der Waals surface area contributed by atoms with E-state index in [1.54, 1.807) is 43.4 Å². The van der Waals surface area contributed by atoms with Crippen LogP contribution in [0.3, 0.4) is 0 Å². The number of benzene rings is 2. The van der Waals surface area contributed by atoms with Crippen molar-refractivity contribution >= 4 is 28.9 Å². The second-order valence-corrected chi connectivity index (χ2v) is 5.53.